The van der Waals surface area contributed by atoms with Gasteiger partial charge < -0.3 is 16.0 Å². The highest BCUT2D eigenvalue weighted by molar-refractivity contribution is 7.15. The van der Waals surface area contributed by atoms with Gasteiger partial charge in [0.15, 0.2) is 0 Å². The third-order valence-corrected chi connectivity index (χ3v) is 4.69. The van der Waals surface area contributed by atoms with Crippen molar-refractivity contribution in [3.63, 3.8) is 0 Å². The number of nitrogens with one attached hydrogen (secondary N) is 1. The minimum absolute atomic E-state index is 0.146. The normalized spacial score (nSPS) is 23.7. The van der Waals surface area contributed by atoms with E-state index in [0.717, 1.165) is 37.5 Å². The number of nitrogens with two attached hydrogens (primary N) is 1. The summed E-state index contributed by atoms with van der Waals surface area (Å²) >= 11 is 1.37. The zero-order valence-corrected chi connectivity index (χ0v) is 13.0. The molecule has 2 heterocycles. The Kier molecular flexibility index (Phi) is 4.93. The maximum absolute atomic E-state index is 12.4. The molecule has 1 aliphatic heterocycles. The number of hydrogen-bond acceptors (Lipinski definition) is 6. The fourth-order valence-electron chi connectivity index (χ4n) is 2.66. The molecule has 2 rings (SSSR count). The molecular weight excluding hydrogens is 274 g/mol. The Morgan fingerprint density at radius 2 is 2.35 bits per heavy atom. The number of carbonyl (C=O) groups is 1. The average Bonchev–Trinajstić information content (AvgIpc) is 2.84. The second-order valence-electron chi connectivity index (χ2n) is 5.57. The highest BCUT2D eigenvalue weighted by atomic mass is 32.1. The molecular formula is C13H23N5OS. The zero-order chi connectivity index (χ0) is 14.6. The predicted octanol–water partition coefficient (Wildman–Crippen LogP) is 0.901. The van der Waals surface area contributed by atoms with Crippen molar-refractivity contribution in [2.45, 2.75) is 33.1 Å². The Labute approximate surface area is 123 Å². The highest BCUT2D eigenvalue weighted by Crippen LogP contribution is 2.29. The molecule has 0 radical (unpaired) electrons. The molecule has 0 saturated carbocycles. The molecule has 0 spiro atoms. The van der Waals surface area contributed by atoms with Gasteiger partial charge in [-0.25, -0.2) is 0 Å². The van der Waals surface area contributed by atoms with Crippen molar-refractivity contribution in [1.82, 2.24) is 20.4 Å². The number of likely N-dealkylation sites (tertiary alicyclic amines) is 1. The fraction of sp³-hybridized carbons (Fsp3) is 0.769. The monoisotopic (exact) mass is 297 g/mol. The number of anilines is 1. The van der Waals surface area contributed by atoms with Crippen molar-refractivity contribution in [3.05, 3.63) is 5.01 Å². The maximum atomic E-state index is 12.4. The van der Waals surface area contributed by atoms with Gasteiger partial charge in [-0.15, -0.1) is 10.2 Å². The molecule has 1 atom stereocenters. The van der Waals surface area contributed by atoms with Crippen molar-refractivity contribution < 1.29 is 4.79 Å². The van der Waals surface area contributed by atoms with Crippen LogP contribution >= 0.6 is 11.3 Å². The minimum Gasteiger partial charge on any atom is -0.374 e. The van der Waals surface area contributed by atoms with E-state index in [1.807, 2.05) is 0 Å². The smallest absolute Gasteiger partial charge is 0.227 e. The van der Waals surface area contributed by atoms with Crippen molar-refractivity contribution >= 4 is 22.4 Å². The summed E-state index contributed by atoms with van der Waals surface area (Å²) < 4.78 is 0. The molecule has 1 aromatic heterocycles. The summed E-state index contributed by atoms with van der Waals surface area (Å²) in [6.45, 7) is 7.75. The Bertz CT molecular complexity index is 463. The Morgan fingerprint density at radius 1 is 1.55 bits per heavy atom. The van der Waals surface area contributed by atoms with Crippen LogP contribution in [0.5, 0.6) is 0 Å². The van der Waals surface area contributed by atoms with Gasteiger partial charge in [-0.05, 0) is 32.9 Å². The van der Waals surface area contributed by atoms with Gasteiger partial charge in [-0.3, -0.25) is 4.79 Å². The maximum Gasteiger partial charge on any atom is 0.227 e. The standard InChI is InChI=1S/C13H23N5OS/c1-3-18-8-4-6-13(2,9-18)11(19)15-7-5-10-16-17-12(14)20-10/h3-9H2,1-2H3,(H2,14,17)(H,15,19)/t13-/m1/s1. The zero-order valence-electron chi connectivity index (χ0n) is 12.2. The number of piperidine rings is 1. The largest absolute Gasteiger partial charge is 0.374 e. The van der Waals surface area contributed by atoms with Gasteiger partial charge in [-0.2, -0.15) is 0 Å². The molecule has 20 heavy (non-hydrogen) atoms. The van der Waals surface area contributed by atoms with E-state index in [1.165, 1.54) is 11.3 Å². The average molecular weight is 297 g/mol. The van der Waals surface area contributed by atoms with Crippen LogP contribution in [0.4, 0.5) is 5.13 Å². The van der Waals surface area contributed by atoms with Gasteiger partial charge in [-0.1, -0.05) is 18.3 Å². The van der Waals surface area contributed by atoms with E-state index in [2.05, 4.69) is 34.3 Å². The van der Waals surface area contributed by atoms with Gasteiger partial charge in [0.1, 0.15) is 5.01 Å². The van der Waals surface area contributed by atoms with E-state index in [4.69, 9.17) is 5.73 Å². The molecule has 0 bridgehead atoms. The van der Waals surface area contributed by atoms with Gasteiger partial charge in [0, 0.05) is 19.5 Å². The molecule has 6 nitrogen and oxygen atoms in total. The first-order chi connectivity index (χ1) is 9.53. The van der Waals surface area contributed by atoms with Crippen molar-refractivity contribution in [1.29, 1.82) is 0 Å². The van der Waals surface area contributed by atoms with E-state index in [0.29, 0.717) is 18.1 Å². The molecule has 7 heteroatoms. The van der Waals surface area contributed by atoms with Gasteiger partial charge in [0.2, 0.25) is 11.0 Å². The highest BCUT2D eigenvalue weighted by Gasteiger charge is 2.36. The molecule has 1 amide bonds. The van der Waals surface area contributed by atoms with Gasteiger partial charge in [0.05, 0.1) is 5.41 Å². The van der Waals surface area contributed by atoms with Crippen LogP contribution in [0.25, 0.3) is 0 Å². The Morgan fingerprint density at radius 3 is 3.00 bits per heavy atom. The van der Waals surface area contributed by atoms with Crippen LogP contribution in [0.15, 0.2) is 0 Å². The van der Waals surface area contributed by atoms with E-state index in [9.17, 15) is 4.79 Å². The predicted molar refractivity (Wildman–Crippen MR) is 80.5 cm³/mol. The minimum atomic E-state index is -0.269. The quantitative estimate of drug-likeness (QED) is 0.843. The second-order valence-corrected chi connectivity index (χ2v) is 6.67. The molecule has 1 saturated heterocycles. The third kappa shape index (κ3) is 3.67. The molecule has 0 unspecified atom stereocenters. The van der Waals surface area contributed by atoms with Gasteiger partial charge in [0.25, 0.3) is 0 Å². The lowest BCUT2D eigenvalue weighted by atomic mass is 9.81. The first kappa shape index (κ1) is 15.2. The van der Waals surface area contributed by atoms with Crippen molar-refractivity contribution in [3.8, 4) is 0 Å². The molecule has 1 aromatic rings. The Hall–Kier alpha value is -1.21. The second kappa shape index (κ2) is 6.49. The SMILES string of the molecule is CCN1CCC[C@@](C)(C(=O)NCCc2nnc(N)s2)C1. The summed E-state index contributed by atoms with van der Waals surface area (Å²) in [5, 5.41) is 12.1. The van der Waals surface area contributed by atoms with E-state index >= 15 is 0 Å². The van der Waals surface area contributed by atoms with Crippen molar-refractivity contribution in [2.75, 3.05) is 31.9 Å². The van der Waals surface area contributed by atoms with Gasteiger partial charge >= 0.3 is 0 Å². The van der Waals surface area contributed by atoms with Crippen LogP contribution in [0, 0.1) is 5.41 Å². The van der Waals surface area contributed by atoms with E-state index in [1.54, 1.807) is 0 Å². The molecule has 1 aliphatic rings. The molecule has 0 aromatic carbocycles. The molecule has 112 valence electrons. The molecule has 0 aliphatic carbocycles. The summed E-state index contributed by atoms with van der Waals surface area (Å²) in [5.41, 5.74) is 5.26. The van der Waals surface area contributed by atoms with Crippen molar-refractivity contribution in [2.24, 2.45) is 5.41 Å². The summed E-state index contributed by atoms with van der Waals surface area (Å²) in [6, 6.07) is 0. The lowest BCUT2D eigenvalue weighted by Crippen LogP contribution is -2.50. The number of amides is 1. The summed E-state index contributed by atoms with van der Waals surface area (Å²) in [5.74, 6) is 0.146. The fourth-order valence-corrected chi connectivity index (χ4v) is 3.27. The van der Waals surface area contributed by atoms with Crippen LogP contribution in [-0.2, 0) is 11.2 Å². The Balaban J connectivity index is 1.81. The number of rotatable bonds is 5. The third-order valence-electron chi connectivity index (χ3n) is 3.88. The summed E-state index contributed by atoms with van der Waals surface area (Å²) in [4.78, 5) is 14.7. The van der Waals surface area contributed by atoms with Crippen LogP contribution in [0.1, 0.15) is 31.7 Å². The van der Waals surface area contributed by atoms with Crippen LogP contribution in [-0.4, -0.2) is 47.2 Å². The van der Waals surface area contributed by atoms with Crippen LogP contribution < -0.4 is 11.1 Å². The number of nitrogen functional groups attached to an aromatic ring is 1. The topological polar surface area (TPSA) is 84.1 Å². The number of hydrogen-bond donors (Lipinski definition) is 2. The van der Waals surface area contributed by atoms with Crippen LogP contribution in [0.2, 0.25) is 0 Å². The van der Waals surface area contributed by atoms with Crippen LogP contribution in [0.3, 0.4) is 0 Å². The number of aromatic nitrogens is 2. The lowest BCUT2D eigenvalue weighted by Gasteiger charge is -2.38. The molecule has 1 fully saturated rings. The van der Waals surface area contributed by atoms with E-state index in [-0.39, 0.29) is 11.3 Å². The first-order valence-corrected chi connectivity index (χ1v) is 7.93. The van der Waals surface area contributed by atoms with E-state index < -0.39 is 0 Å². The number of nitrogens with zero attached hydrogens (tertiary/aromatic N) is 3. The first-order valence-electron chi connectivity index (χ1n) is 7.12. The molecule has 3 N–H and O–H groups in total. The summed E-state index contributed by atoms with van der Waals surface area (Å²) in [6.07, 6.45) is 2.74. The number of carbonyl (C=O) groups excluding carboxylic acids is 1. The lowest BCUT2D eigenvalue weighted by molar-refractivity contribution is -0.133. The summed E-state index contributed by atoms with van der Waals surface area (Å²) in [7, 11) is 0.